The molecule has 4 aromatic rings. The van der Waals surface area contributed by atoms with Crippen molar-refractivity contribution in [3.63, 3.8) is 0 Å². The van der Waals surface area contributed by atoms with Crippen LogP contribution >= 0.6 is 0 Å². The van der Waals surface area contributed by atoms with Gasteiger partial charge in [-0.25, -0.2) is 4.98 Å². The summed E-state index contributed by atoms with van der Waals surface area (Å²) in [5.41, 5.74) is 4.80. The van der Waals surface area contributed by atoms with Crippen molar-refractivity contribution in [2.24, 2.45) is 0 Å². The molecule has 2 aromatic heterocycles. The largest absolute Gasteiger partial charge is 0.325 e. The predicted molar refractivity (Wildman–Crippen MR) is 116 cm³/mol. The monoisotopic (exact) mass is 410 g/mol. The molecule has 0 saturated heterocycles. The molecule has 0 unspecified atom stereocenters. The molecule has 0 saturated carbocycles. The minimum Gasteiger partial charge on any atom is -0.325 e. The molecular formula is C24H18N4O3. The molecule has 0 atom stereocenters. The molecule has 0 radical (unpaired) electrons. The molecule has 0 spiro atoms. The Morgan fingerprint density at radius 2 is 1.68 bits per heavy atom. The lowest BCUT2D eigenvalue weighted by atomic mass is 10.1. The molecule has 1 N–H and O–H groups in total. The summed E-state index contributed by atoms with van der Waals surface area (Å²) in [7, 11) is 0. The van der Waals surface area contributed by atoms with Crippen LogP contribution in [-0.2, 0) is 4.79 Å². The van der Waals surface area contributed by atoms with E-state index >= 15 is 0 Å². The van der Waals surface area contributed by atoms with Crippen LogP contribution in [0.1, 0.15) is 26.3 Å². The summed E-state index contributed by atoms with van der Waals surface area (Å²) in [6.07, 6.45) is 3.93. The number of nitrogens with zero attached hydrogens (tertiary/aromatic N) is 3. The zero-order valence-corrected chi connectivity index (χ0v) is 16.7. The molecule has 0 aliphatic carbocycles. The number of pyridine rings is 1. The van der Waals surface area contributed by atoms with E-state index in [4.69, 9.17) is 0 Å². The number of benzene rings is 2. The molecule has 7 nitrogen and oxygen atoms in total. The second-order valence-corrected chi connectivity index (χ2v) is 7.47. The van der Waals surface area contributed by atoms with Crippen molar-refractivity contribution in [2.75, 3.05) is 11.9 Å². The minimum absolute atomic E-state index is 0.324. The number of anilines is 1. The first-order valence-corrected chi connectivity index (χ1v) is 9.80. The van der Waals surface area contributed by atoms with Gasteiger partial charge in [0.15, 0.2) is 0 Å². The highest BCUT2D eigenvalue weighted by Gasteiger charge is 2.36. The van der Waals surface area contributed by atoms with Crippen LogP contribution in [0, 0.1) is 6.92 Å². The van der Waals surface area contributed by atoms with E-state index in [2.05, 4.69) is 10.3 Å². The van der Waals surface area contributed by atoms with E-state index in [1.807, 2.05) is 54.0 Å². The number of carbonyl (C=O) groups is 3. The Kier molecular flexibility index (Phi) is 4.36. The summed E-state index contributed by atoms with van der Waals surface area (Å²) in [5, 5.41) is 2.77. The molecule has 1 aliphatic heterocycles. The number of hydrogen-bond donors (Lipinski definition) is 1. The van der Waals surface area contributed by atoms with E-state index in [1.165, 1.54) is 0 Å². The average Bonchev–Trinajstić information content (AvgIpc) is 3.29. The number of fused-ring (bicyclic) bond motifs is 2. The zero-order chi connectivity index (χ0) is 21.5. The normalized spacial score (nSPS) is 13.0. The fraction of sp³-hybridized carbons (Fsp3) is 0.0833. The molecule has 152 valence electrons. The number of hydrogen-bond acceptors (Lipinski definition) is 4. The van der Waals surface area contributed by atoms with Gasteiger partial charge < -0.3 is 9.72 Å². The standard InChI is InChI=1S/C24H18N4O3/c1-15-9-10-21-26-20(13-27(21)12-15)16-5-4-6-17(11-16)25-22(29)14-28-23(30)18-7-2-3-8-19(18)24(28)31/h2-13H,14H2,1H3,(H,25,29). The lowest BCUT2D eigenvalue weighted by molar-refractivity contribution is -0.116. The van der Waals surface area contributed by atoms with Gasteiger partial charge in [0, 0.05) is 23.6 Å². The van der Waals surface area contributed by atoms with Crippen molar-refractivity contribution in [1.82, 2.24) is 14.3 Å². The first-order valence-electron chi connectivity index (χ1n) is 9.80. The molecule has 0 bridgehead atoms. The Hall–Kier alpha value is -4.26. The Balaban J connectivity index is 1.33. The van der Waals surface area contributed by atoms with Crippen molar-refractivity contribution in [1.29, 1.82) is 0 Å². The van der Waals surface area contributed by atoms with Gasteiger partial charge in [0.25, 0.3) is 11.8 Å². The van der Waals surface area contributed by atoms with Crippen LogP contribution in [-0.4, -0.2) is 38.6 Å². The van der Waals surface area contributed by atoms with Gasteiger partial charge >= 0.3 is 0 Å². The van der Waals surface area contributed by atoms with Crippen molar-refractivity contribution < 1.29 is 14.4 Å². The number of amides is 3. The third-order valence-electron chi connectivity index (χ3n) is 5.22. The number of aryl methyl sites for hydroxylation is 1. The van der Waals surface area contributed by atoms with E-state index in [0.29, 0.717) is 16.8 Å². The summed E-state index contributed by atoms with van der Waals surface area (Å²) >= 11 is 0. The third kappa shape index (κ3) is 3.36. The average molecular weight is 410 g/mol. The highest BCUT2D eigenvalue weighted by molar-refractivity contribution is 6.22. The minimum atomic E-state index is -0.454. The molecule has 5 rings (SSSR count). The SMILES string of the molecule is Cc1ccc2nc(-c3cccc(NC(=O)CN4C(=O)c5ccccc5C4=O)c3)cn2c1. The van der Waals surface area contributed by atoms with Gasteiger partial charge in [0.05, 0.1) is 16.8 Å². The van der Waals surface area contributed by atoms with E-state index in [0.717, 1.165) is 27.4 Å². The molecule has 3 heterocycles. The van der Waals surface area contributed by atoms with Gasteiger partial charge in [-0.1, -0.05) is 30.3 Å². The molecule has 7 heteroatoms. The maximum atomic E-state index is 12.6. The Bertz CT molecular complexity index is 1340. The molecule has 3 amide bonds. The Morgan fingerprint density at radius 3 is 2.42 bits per heavy atom. The third-order valence-corrected chi connectivity index (χ3v) is 5.22. The summed E-state index contributed by atoms with van der Waals surface area (Å²) in [6.45, 7) is 1.67. The van der Waals surface area contributed by atoms with Crippen LogP contribution in [0.5, 0.6) is 0 Å². The predicted octanol–water partition coefficient (Wildman–Crippen LogP) is 3.54. The van der Waals surface area contributed by atoms with Crippen molar-refractivity contribution >= 4 is 29.1 Å². The lowest BCUT2D eigenvalue weighted by Crippen LogP contribution is -2.37. The highest BCUT2D eigenvalue weighted by Crippen LogP contribution is 2.24. The van der Waals surface area contributed by atoms with E-state index in [-0.39, 0.29) is 6.54 Å². The van der Waals surface area contributed by atoms with Crippen molar-refractivity contribution in [2.45, 2.75) is 6.92 Å². The quantitative estimate of drug-likeness (QED) is 0.522. The zero-order valence-electron chi connectivity index (χ0n) is 16.7. The second kappa shape index (κ2) is 7.21. The number of aromatic nitrogens is 2. The topological polar surface area (TPSA) is 83.8 Å². The van der Waals surface area contributed by atoms with Gasteiger partial charge in [0.1, 0.15) is 12.2 Å². The molecular weight excluding hydrogens is 392 g/mol. The van der Waals surface area contributed by atoms with E-state index < -0.39 is 17.7 Å². The fourth-order valence-corrected chi connectivity index (χ4v) is 3.73. The second-order valence-electron chi connectivity index (χ2n) is 7.47. The first kappa shape index (κ1) is 18.7. The molecule has 2 aromatic carbocycles. The van der Waals surface area contributed by atoms with Crippen LogP contribution in [0.3, 0.4) is 0 Å². The number of carbonyl (C=O) groups excluding carboxylic acids is 3. The fourth-order valence-electron chi connectivity index (χ4n) is 3.73. The molecule has 31 heavy (non-hydrogen) atoms. The van der Waals surface area contributed by atoms with Crippen LogP contribution in [0.2, 0.25) is 0 Å². The van der Waals surface area contributed by atoms with Gasteiger partial charge in [-0.05, 0) is 42.8 Å². The maximum absolute atomic E-state index is 12.6. The van der Waals surface area contributed by atoms with E-state index in [9.17, 15) is 14.4 Å². The Labute approximate surface area is 177 Å². The van der Waals surface area contributed by atoms with E-state index in [1.54, 1.807) is 30.3 Å². The number of nitrogens with one attached hydrogen (secondary N) is 1. The maximum Gasteiger partial charge on any atom is 0.262 e. The number of imidazole rings is 1. The van der Waals surface area contributed by atoms with Crippen molar-refractivity contribution in [3.05, 3.63) is 89.7 Å². The van der Waals surface area contributed by atoms with Crippen LogP contribution in [0.4, 0.5) is 5.69 Å². The van der Waals surface area contributed by atoms with Crippen LogP contribution < -0.4 is 5.32 Å². The summed E-state index contributed by atoms with van der Waals surface area (Å²) in [5.74, 6) is -1.36. The van der Waals surface area contributed by atoms with Gasteiger partial charge in [0.2, 0.25) is 5.91 Å². The van der Waals surface area contributed by atoms with Gasteiger partial charge in [-0.2, -0.15) is 0 Å². The highest BCUT2D eigenvalue weighted by atomic mass is 16.2. The van der Waals surface area contributed by atoms with Crippen LogP contribution in [0.15, 0.2) is 73.1 Å². The summed E-state index contributed by atoms with van der Waals surface area (Å²) in [6, 6.07) is 17.8. The van der Waals surface area contributed by atoms with Gasteiger partial charge in [-0.3, -0.25) is 19.3 Å². The summed E-state index contributed by atoms with van der Waals surface area (Å²) in [4.78, 5) is 43.1. The molecule has 1 aliphatic rings. The Morgan fingerprint density at radius 1 is 0.935 bits per heavy atom. The lowest BCUT2D eigenvalue weighted by Gasteiger charge is -2.14. The smallest absolute Gasteiger partial charge is 0.262 e. The summed E-state index contributed by atoms with van der Waals surface area (Å²) < 4.78 is 1.96. The number of imide groups is 1. The van der Waals surface area contributed by atoms with Crippen molar-refractivity contribution in [3.8, 4) is 11.3 Å². The first-order chi connectivity index (χ1) is 15.0. The van der Waals surface area contributed by atoms with Crippen LogP contribution in [0.25, 0.3) is 16.9 Å². The molecule has 0 fully saturated rings. The number of rotatable bonds is 4. The van der Waals surface area contributed by atoms with Gasteiger partial charge in [-0.15, -0.1) is 0 Å².